The van der Waals surface area contributed by atoms with Crippen LogP contribution in [0.1, 0.15) is 11.1 Å². The van der Waals surface area contributed by atoms with E-state index < -0.39 is 17.6 Å². The van der Waals surface area contributed by atoms with E-state index in [9.17, 15) is 17.6 Å². The van der Waals surface area contributed by atoms with Crippen LogP contribution in [0, 0.1) is 12.7 Å². The van der Waals surface area contributed by atoms with Gasteiger partial charge in [-0.05, 0) is 43.3 Å². The van der Waals surface area contributed by atoms with Crippen LogP contribution in [0.25, 0.3) is 0 Å². The molecule has 8 heteroatoms. The molecule has 3 rings (SSSR count). The summed E-state index contributed by atoms with van der Waals surface area (Å²) in [5.41, 5.74) is 1.19. The average Bonchev–Trinajstić information content (AvgIpc) is 2.67. The number of anilines is 4. The largest absolute Gasteiger partial charge is 0.421 e. The third-order valence-electron chi connectivity index (χ3n) is 4.31. The van der Waals surface area contributed by atoms with Crippen LogP contribution in [-0.4, -0.2) is 24.1 Å². The summed E-state index contributed by atoms with van der Waals surface area (Å²) in [7, 11) is 3.12. The van der Waals surface area contributed by atoms with E-state index in [4.69, 9.17) is 0 Å². The summed E-state index contributed by atoms with van der Waals surface area (Å²) in [6, 6.07) is 12.6. The van der Waals surface area contributed by atoms with Gasteiger partial charge in [-0.1, -0.05) is 17.7 Å². The highest BCUT2D eigenvalue weighted by Crippen LogP contribution is 2.38. The van der Waals surface area contributed by atoms with E-state index in [1.165, 1.54) is 36.2 Å². The Labute approximate surface area is 160 Å². The second-order valence-electron chi connectivity index (χ2n) is 6.34. The van der Waals surface area contributed by atoms with E-state index in [0.29, 0.717) is 5.69 Å². The number of aromatic nitrogens is 2. The average molecular weight is 390 g/mol. The number of benzene rings is 2. The SMILES string of the molecule is Cc1ccc(N(C)c2ncc(C(F)(F)F)c(N(C)c3ccc(F)cc3)n2)cc1. The minimum atomic E-state index is -4.63. The molecule has 1 heterocycles. The lowest BCUT2D eigenvalue weighted by Crippen LogP contribution is -2.21. The summed E-state index contributed by atoms with van der Waals surface area (Å²) in [6.07, 6.45) is -3.87. The van der Waals surface area contributed by atoms with Gasteiger partial charge in [-0.3, -0.25) is 0 Å². The second-order valence-corrected chi connectivity index (χ2v) is 6.34. The molecule has 0 spiro atoms. The van der Waals surface area contributed by atoms with Crippen molar-refractivity contribution in [1.82, 2.24) is 9.97 Å². The number of aryl methyl sites for hydroxylation is 1. The first-order valence-corrected chi connectivity index (χ1v) is 8.41. The smallest absolute Gasteiger partial charge is 0.329 e. The molecule has 0 aliphatic heterocycles. The van der Waals surface area contributed by atoms with Gasteiger partial charge in [-0.15, -0.1) is 0 Å². The summed E-state index contributed by atoms with van der Waals surface area (Å²) < 4.78 is 53.7. The summed E-state index contributed by atoms with van der Waals surface area (Å²) >= 11 is 0. The van der Waals surface area contributed by atoms with Gasteiger partial charge in [-0.25, -0.2) is 9.37 Å². The van der Waals surface area contributed by atoms with Crippen molar-refractivity contribution in [2.24, 2.45) is 0 Å². The van der Waals surface area contributed by atoms with Crippen molar-refractivity contribution in [3.05, 3.63) is 71.7 Å². The van der Waals surface area contributed by atoms with Gasteiger partial charge >= 0.3 is 6.18 Å². The Bertz CT molecular complexity index is 953. The van der Waals surface area contributed by atoms with Crippen molar-refractivity contribution in [3.8, 4) is 0 Å². The Morgan fingerprint density at radius 3 is 1.93 bits per heavy atom. The first-order chi connectivity index (χ1) is 13.2. The van der Waals surface area contributed by atoms with E-state index in [2.05, 4.69) is 9.97 Å². The van der Waals surface area contributed by atoms with Crippen molar-refractivity contribution in [3.63, 3.8) is 0 Å². The van der Waals surface area contributed by atoms with E-state index in [1.807, 2.05) is 31.2 Å². The fraction of sp³-hybridized carbons (Fsp3) is 0.200. The number of hydrogen-bond donors (Lipinski definition) is 0. The molecule has 0 fully saturated rings. The van der Waals surface area contributed by atoms with E-state index in [-0.39, 0.29) is 11.8 Å². The van der Waals surface area contributed by atoms with Gasteiger partial charge < -0.3 is 9.80 Å². The number of hydrogen-bond acceptors (Lipinski definition) is 4. The fourth-order valence-electron chi connectivity index (χ4n) is 2.65. The monoisotopic (exact) mass is 390 g/mol. The van der Waals surface area contributed by atoms with Crippen LogP contribution in [-0.2, 0) is 6.18 Å². The second kappa shape index (κ2) is 7.46. The molecule has 0 aliphatic carbocycles. The lowest BCUT2D eigenvalue weighted by molar-refractivity contribution is -0.137. The van der Waals surface area contributed by atoms with Crippen LogP contribution in [0.3, 0.4) is 0 Å². The zero-order valence-electron chi connectivity index (χ0n) is 15.5. The molecule has 2 aromatic carbocycles. The summed E-state index contributed by atoms with van der Waals surface area (Å²) in [5.74, 6) is -0.681. The zero-order valence-corrected chi connectivity index (χ0v) is 15.5. The van der Waals surface area contributed by atoms with Crippen LogP contribution >= 0.6 is 0 Å². The molecular formula is C20H18F4N4. The molecule has 0 saturated heterocycles. The Morgan fingerprint density at radius 1 is 0.821 bits per heavy atom. The molecule has 3 aromatic rings. The molecule has 1 aromatic heterocycles. The highest BCUT2D eigenvalue weighted by atomic mass is 19.4. The number of alkyl halides is 3. The van der Waals surface area contributed by atoms with E-state index in [0.717, 1.165) is 17.4 Å². The maximum Gasteiger partial charge on any atom is 0.421 e. The molecule has 28 heavy (non-hydrogen) atoms. The van der Waals surface area contributed by atoms with Crippen molar-refractivity contribution < 1.29 is 17.6 Å². The lowest BCUT2D eigenvalue weighted by Gasteiger charge is -2.25. The van der Waals surface area contributed by atoms with Crippen LogP contribution in [0.15, 0.2) is 54.7 Å². The first-order valence-electron chi connectivity index (χ1n) is 8.41. The Morgan fingerprint density at radius 2 is 1.36 bits per heavy atom. The molecule has 0 atom stereocenters. The summed E-state index contributed by atoms with van der Waals surface area (Å²) in [5, 5.41) is 0. The normalized spacial score (nSPS) is 11.4. The highest BCUT2D eigenvalue weighted by Gasteiger charge is 2.37. The molecule has 0 aliphatic rings. The van der Waals surface area contributed by atoms with Crippen molar-refractivity contribution in [2.45, 2.75) is 13.1 Å². The predicted octanol–water partition coefficient (Wildman–Crippen LogP) is 5.48. The van der Waals surface area contributed by atoms with Crippen LogP contribution in [0.5, 0.6) is 0 Å². The van der Waals surface area contributed by atoms with Gasteiger partial charge in [0.15, 0.2) is 5.82 Å². The van der Waals surface area contributed by atoms with Gasteiger partial charge in [0.25, 0.3) is 0 Å². The minimum Gasteiger partial charge on any atom is -0.329 e. The Hall–Kier alpha value is -3.16. The summed E-state index contributed by atoms with van der Waals surface area (Å²) in [4.78, 5) is 10.9. The van der Waals surface area contributed by atoms with Gasteiger partial charge in [-0.2, -0.15) is 18.2 Å². The zero-order chi connectivity index (χ0) is 20.5. The maximum atomic E-state index is 13.5. The third kappa shape index (κ3) is 4.05. The summed E-state index contributed by atoms with van der Waals surface area (Å²) in [6.45, 7) is 1.94. The molecule has 0 unspecified atom stereocenters. The first kappa shape index (κ1) is 19.6. The van der Waals surface area contributed by atoms with Crippen molar-refractivity contribution in [2.75, 3.05) is 23.9 Å². The standard InChI is InChI=1S/C20H18F4N4/c1-13-4-8-16(9-5-13)28(3)19-25-12-17(20(22,23)24)18(26-19)27(2)15-10-6-14(21)7-11-15/h4-12H,1-3H3. The van der Waals surface area contributed by atoms with E-state index in [1.54, 1.807) is 11.9 Å². The van der Waals surface area contributed by atoms with Crippen molar-refractivity contribution in [1.29, 1.82) is 0 Å². The molecule has 0 N–H and O–H groups in total. The van der Waals surface area contributed by atoms with Crippen LogP contribution < -0.4 is 9.80 Å². The Kier molecular flexibility index (Phi) is 5.22. The van der Waals surface area contributed by atoms with Gasteiger partial charge in [0.2, 0.25) is 5.95 Å². The Balaban J connectivity index is 2.06. The highest BCUT2D eigenvalue weighted by molar-refractivity contribution is 5.65. The van der Waals surface area contributed by atoms with Crippen LogP contribution in [0.4, 0.5) is 40.7 Å². The molecule has 0 saturated carbocycles. The topological polar surface area (TPSA) is 32.3 Å². The third-order valence-corrected chi connectivity index (χ3v) is 4.31. The molecule has 146 valence electrons. The fourth-order valence-corrected chi connectivity index (χ4v) is 2.65. The molecule has 0 bridgehead atoms. The number of halogens is 4. The predicted molar refractivity (Wildman–Crippen MR) is 101 cm³/mol. The molecular weight excluding hydrogens is 372 g/mol. The molecule has 0 radical (unpaired) electrons. The van der Waals surface area contributed by atoms with Crippen molar-refractivity contribution >= 4 is 23.1 Å². The molecule has 0 amide bonds. The maximum absolute atomic E-state index is 13.5. The van der Waals surface area contributed by atoms with E-state index >= 15 is 0 Å². The van der Waals surface area contributed by atoms with Gasteiger partial charge in [0.05, 0.1) is 0 Å². The van der Waals surface area contributed by atoms with Gasteiger partial charge in [0, 0.05) is 31.7 Å². The van der Waals surface area contributed by atoms with Crippen LogP contribution in [0.2, 0.25) is 0 Å². The quantitative estimate of drug-likeness (QED) is 0.553. The minimum absolute atomic E-state index is 0.112. The van der Waals surface area contributed by atoms with Gasteiger partial charge in [0.1, 0.15) is 11.4 Å². The lowest BCUT2D eigenvalue weighted by atomic mass is 10.2. The number of nitrogens with zero attached hydrogens (tertiary/aromatic N) is 4. The molecule has 4 nitrogen and oxygen atoms in total. The number of rotatable bonds is 4.